The van der Waals surface area contributed by atoms with Crippen molar-refractivity contribution in [3.8, 4) is 5.75 Å². The molecule has 0 bridgehead atoms. The second-order valence-corrected chi connectivity index (χ2v) is 6.66. The highest BCUT2D eigenvalue weighted by atomic mass is 35.5. The molecule has 0 unspecified atom stereocenters. The van der Waals surface area contributed by atoms with Gasteiger partial charge < -0.3 is 15.0 Å². The number of fused-ring (bicyclic) bond motifs is 1. The Morgan fingerprint density at radius 3 is 2.80 bits per heavy atom. The lowest BCUT2D eigenvalue weighted by molar-refractivity contribution is 0.0597. The Labute approximate surface area is 126 Å². The molecule has 1 aromatic rings. The Hall–Kier alpha value is -0.770. The van der Waals surface area contributed by atoms with Crippen LogP contribution in [0.3, 0.4) is 0 Å². The first kappa shape index (κ1) is 14.2. The number of hydrogen-bond acceptors (Lipinski definition) is 3. The highest BCUT2D eigenvalue weighted by Gasteiger charge is 2.38. The Balaban J connectivity index is 1.65. The molecule has 110 valence electrons. The number of rotatable bonds is 5. The SMILES string of the molecule is CN(C)C1(CNCc2cc(Cl)cc3c2OCC3)CCC1. The predicted octanol–water partition coefficient (Wildman–Crippen LogP) is 2.85. The summed E-state index contributed by atoms with van der Waals surface area (Å²) >= 11 is 6.19. The van der Waals surface area contributed by atoms with Crippen LogP contribution in [0.1, 0.15) is 30.4 Å². The number of halogens is 1. The van der Waals surface area contributed by atoms with Gasteiger partial charge in [-0.3, -0.25) is 0 Å². The molecule has 1 aliphatic carbocycles. The predicted molar refractivity (Wildman–Crippen MR) is 82.6 cm³/mol. The first-order valence-corrected chi connectivity index (χ1v) is 7.81. The molecule has 0 saturated heterocycles. The van der Waals surface area contributed by atoms with Crippen molar-refractivity contribution in [2.24, 2.45) is 0 Å². The van der Waals surface area contributed by atoms with Crippen molar-refractivity contribution in [2.45, 2.75) is 37.8 Å². The fraction of sp³-hybridized carbons (Fsp3) is 0.625. The Bertz CT molecular complexity index is 497. The molecule has 1 fully saturated rings. The molecule has 0 spiro atoms. The van der Waals surface area contributed by atoms with Crippen LogP contribution in [0.2, 0.25) is 5.02 Å². The van der Waals surface area contributed by atoms with Crippen molar-refractivity contribution in [1.29, 1.82) is 0 Å². The lowest BCUT2D eigenvalue weighted by atomic mass is 9.75. The Kier molecular flexibility index (Phi) is 3.93. The van der Waals surface area contributed by atoms with E-state index in [9.17, 15) is 0 Å². The van der Waals surface area contributed by atoms with Gasteiger partial charge in [0.1, 0.15) is 5.75 Å². The number of likely N-dealkylation sites (N-methyl/N-ethyl adjacent to an activating group) is 1. The number of hydrogen-bond donors (Lipinski definition) is 1. The maximum absolute atomic E-state index is 6.19. The molecule has 3 nitrogen and oxygen atoms in total. The van der Waals surface area contributed by atoms with Gasteiger partial charge in [0.25, 0.3) is 0 Å². The van der Waals surface area contributed by atoms with Crippen LogP contribution in [0, 0.1) is 0 Å². The second-order valence-electron chi connectivity index (χ2n) is 6.23. The quantitative estimate of drug-likeness (QED) is 0.904. The normalized spacial score (nSPS) is 19.6. The molecule has 0 atom stereocenters. The van der Waals surface area contributed by atoms with Crippen molar-refractivity contribution >= 4 is 11.6 Å². The van der Waals surface area contributed by atoms with E-state index in [2.05, 4.69) is 24.3 Å². The van der Waals surface area contributed by atoms with E-state index in [4.69, 9.17) is 16.3 Å². The Morgan fingerprint density at radius 2 is 2.15 bits per heavy atom. The summed E-state index contributed by atoms with van der Waals surface area (Å²) in [5, 5.41) is 4.42. The molecular formula is C16H23ClN2O. The molecule has 4 heteroatoms. The lowest BCUT2D eigenvalue weighted by Gasteiger charge is -2.47. The van der Waals surface area contributed by atoms with Gasteiger partial charge in [0.15, 0.2) is 0 Å². The second kappa shape index (κ2) is 5.55. The van der Waals surface area contributed by atoms with E-state index < -0.39 is 0 Å². The van der Waals surface area contributed by atoms with Gasteiger partial charge in [-0.25, -0.2) is 0 Å². The average molecular weight is 295 g/mol. The van der Waals surface area contributed by atoms with Crippen molar-refractivity contribution in [1.82, 2.24) is 10.2 Å². The first-order chi connectivity index (χ1) is 9.61. The van der Waals surface area contributed by atoms with E-state index in [0.717, 1.165) is 36.9 Å². The van der Waals surface area contributed by atoms with Gasteiger partial charge >= 0.3 is 0 Å². The fourth-order valence-electron chi connectivity index (χ4n) is 3.27. The molecule has 0 aromatic heterocycles. The third kappa shape index (κ3) is 2.54. The van der Waals surface area contributed by atoms with Crippen LogP contribution in [-0.2, 0) is 13.0 Å². The summed E-state index contributed by atoms with van der Waals surface area (Å²) in [6, 6.07) is 4.06. The Morgan fingerprint density at radius 1 is 1.35 bits per heavy atom. The van der Waals surface area contributed by atoms with Gasteiger partial charge in [-0.05, 0) is 51.1 Å². The largest absolute Gasteiger partial charge is 0.493 e. The maximum Gasteiger partial charge on any atom is 0.127 e. The molecule has 1 heterocycles. The van der Waals surface area contributed by atoms with Crippen LogP contribution >= 0.6 is 11.6 Å². The van der Waals surface area contributed by atoms with Gasteiger partial charge in [0, 0.05) is 35.6 Å². The number of nitrogens with zero attached hydrogens (tertiary/aromatic N) is 1. The van der Waals surface area contributed by atoms with Crippen LogP contribution in [0.15, 0.2) is 12.1 Å². The zero-order valence-electron chi connectivity index (χ0n) is 12.3. The van der Waals surface area contributed by atoms with Crippen molar-refractivity contribution in [2.75, 3.05) is 27.2 Å². The van der Waals surface area contributed by atoms with Gasteiger partial charge in [-0.1, -0.05) is 11.6 Å². The van der Waals surface area contributed by atoms with Crippen molar-refractivity contribution < 1.29 is 4.74 Å². The summed E-state index contributed by atoms with van der Waals surface area (Å²) in [5.74, 6) is 1.05. The van der Waals surface area contributed by atoms with E-state index in [1.54, 1.807) is 0 Å². The zero-order valence-corrected chi connectivity index (χ0v) is 13.1. The standard InChI is InChI=1S/C16H23ClN2O/c1-19(2)16(5-3-6-16)11-18-10-13-9-14(17)8-12-4-7-20-15(12)13/h8-9,18H,3-7,10-11H2,1-2H3. The fourth-order valence-corrected chi connectivity index (χ4v) is 3.54. The van der Waals surface area contributed by atoms with Gasteiger partial charge in [0.2, 0.25) is 0 Å². The monoisotopic (exact) mass is 294 g/mol. The molecule has 1 aromatic carbocycles. The lowest BCUT2D eigenvalue weighted by Crippen LogP contribution is -2.56. The molecule has 1 N–H and O–H groups in total. The molecule has 20 heavy (non-hydrogen) atoms. The molecule has 0 radical (unpaired) electrons. The van der Waals surface area contributed by atoms with E-state index in [1.807, 2.05) is 12.1 Å². The highest BCUT2D eigenvalue weighted by molar-refractivity contribution is 6.30. The molecule has 1 aliphatic heterocycles. The average Bonchev–Trinajstić information content (AvgIpc) is 2.79. The molecule has 0 amide bonds. The maximum atomic E-state index is 6.19. The van der Waals surface area contributed by atoms with E-state index in [0.29, 0.717) is 5.54 Å². The number of benzene rings is 1. The zero-order chi connectivity index (χ0) is 14.2. The van der Waals surface area contributed by atoms with E-state index >= 15 is 0 Å². The summed E-state index contributed by atoms with van der Waals surface area (Å²) in [6.45, 7) is 2.64. The van der Waals surface area contributed by atoms with Crippen LogP contribution in [-0.4, -0.2) is 37.7 Å². The van der Waals surface area contributed by atoms with Crippen molar-refractivity contribution in [3.63, 3.8) is 0 Å². The number of nitrogens with one attached hydrogen (secondary N) is 1. The topological polar surface area (TPSA) is 24.5 Å². The third-order valence-electron chi connectivity index (χ3n) is 4.83. The highest BCUT2D eigenvalue weighted by Crippen LogP contribution is 2.36. The van der Waals surface area contributed by atoms with E-state index in [1.165, 1.54) is 30.4 Å². The third-order valence-corrected chi connectivity index (χ3v) is 5.05. The molecular weight excluding hydrogens is 272 g/mol. The van der Waals surface area contributed by atoms with E-state index in [-0.39, 0.29) is 0 Å². The molecule has 1 saturated carbocycles. The van der Waals surface area contributed by atoms with Crippen LogP contribution in [0.25, 0.3) is 0 Å². The van der Waals surface area contributed by atoms with Crippen LogP contribution in [0.4, 0.5) is 0 Å². The number of ether oxygens (including phenoxy) is 1. The summed E-state index contributed by atoms with van der Waals surface area (Å²) in [6.07, 6.45) is 4.90. The minimum absolute atomic E-state index is 0.350. The molecule has 3 rings (SSSR count). The summed E-state index contributed by atoms with van der Waals surface area (Å²) in [7, 11) is 4.36. The van der Waals surface area contributed by atoms with Crippen LogP contribution < -0.4 is 10.1 Å². The molecule has 2 aliphatic rings. The van der Waals surface area contributed by atoms with Crippen LogP contribution in [0.5, 0.6) is 5.75 Å². The summed E-state index contributed by atoms with van der Waals surface area (Å²) in [5.41, 5.74) is 2.79. The summed E-state index contributed by atoms with van der Waals surface area (Å²) < 4.78 is 5.75. The van der Waals surface area contributed by atoms with Gasteiger partial charge in [-0.15, -0.1) is 0 Å². The van der Waals surface area contributed by atoms with Gasteiger partial charge in [-0.2, -0.15) is 0 Å². The smallest absolute Gasteiger partial charge is 0.127 e. The first-order valence-electron chi connectivity index (χ1n) is 7.43. The minimum atomic E-state index is 0.350. The minimum Gasteiger partial charge on any atom is -0.493 e. The summed E-state index contributed by atoms with van der Waals surface area (Å²) in [4.78, 5) is 2.36. The van der Waals surface area contributed by atoms with Gasteiger partial charge in [0.05, 0.1) is 6.61 Å². The van der Waals surface area contributed by atoms with Crippen molar-refractivity contribution in [3.05, 3.63) is 28.3 Å².